The monoisotopic (exact) mass is 756 g/mol. The molecule has 0 spiro atoms. The van der Waals surface area contributed by atoms with Gasteiger partial charge in [-0.25, -0.2) is 0 Å². The van der Waals surface area contributed by atoms with Crippen molar-refractivity contribution in [2.24, 2.45) is 11.8 Å². The number of carbonyl (C=O) groups excluding carboxylic acids is 1. The smallest absolute Gasteiger partial charge is 0.162 e. The molecule has 5 heteroatoms. The average molecular weight is 756 g/mol. The van der Waals surface area contributed by atoms with Gasteiger partial charge in [-0.1, -0.05) is 96.8 Å². The Kier molecular flexibility index (Phi) is 11.1. The number of fused-ring (bicyclic) bond motifs is 4. The zero-order valence-electron chi connectivity index (χ0n) is 27.3. The van der Waals surface area contributed by atoms with Gasteiger partial charge in [0.2, 0.25) is 0 Å². The number of aliphatic hydroxyl groups is 1. The number of nitrogens with zero attached hydrogens (tertiary/aromatic N) is 2. The summed E-state index contributed by atoms with van der Waals surface area (Å²) in [6, 6.07) is 14.3. The fourth-order valence-corrected chi connectivity index (χ4v) is 6.24. The zero-order valence-corrected chi connectivity index (χ0v) is 29.7. The van der Waals surface area contributed by atoms with Crippen molar-refractivity contribution in [3.63, 3.8) is 0 Å². The van der Waals surface area contributed by atoms with Gasteiger partial charge in [0.25, 0.3) is 0 Å². The van der Waals surface area contributed by atoms with Crippen molar-refractivity contribution < 1.29 is 30.0 Å². The van der Waals surface area contributed by atoms with Gasteiger partial charge in [0.1, 0.15) is 0 Å². The number of hydrogen-bond acceptors (Lipinski definition) is 4. The van der Waals surface area contributed by atoms with Gasteiger partial charge in [0, 0.05) is 62.0 Å². The molecule has 4 aromatic rings. The third kappa shape index (κ3) is 6.79. The van der Waals surface area contributed by atoms with Gasteiger partial charge >= 0.3 is 0 Å². The molecule has 231 valence electrons. The summed E-state index contributed by atoms with van der Waals surface area (Å²) < 4.78 is 0. The van der Waals surface area contributed by atoms with Crippen LogP contribution in [0.3, 0.4) is 0 Å². The molecule has 0 bridgehead atoms. The zero-order chi connectivity index (χ0) is 30.8. The molecule has 5 rings (SSSR count). The number of benzene rings is 2. The molecule has 1 aliphatic rings. The Labute approximate surface area is 271 Å². The minimum atomic E-state index is -0.174. The van der Waals surface area contributed by atoms with Crippen LogP contribution in [0.4, 0.5) is 0 Å². The molecule has 0 saturated heterocycles. The Balaban J connectivity index is 0.000000274. The van der Waals surface area contributed by atoms with Gasteiger partial charge in [-0.3, -0.25) is 9.78 Å². The standard InChI is InChI=1S/C25H23N2.C13H24O2.Ir/c1-24(2,3)17-10-9-15-13-27-23-18-8-6-7-16-12-26-14-20(21(16)18)25(4,5)22(23)19(15)11-17;1-5-10(6-2)12(14)9-13(15)11(7-3)8-4;/h6-7,9-14H,1-5H3;9-11,14H,5-8H2,1-4H3;/q-1;;/b;12-9-;. The van der Waals surface area contributed by atoms with Crippen LogP contribution in [-0.2, 0) is 35.7 Å². The van der Waals surface area contributed by atoms with Crippen molar-refractivity contribution in [3.8, 4) is 11.3 Å². The van der Waals surface area contributed by atoms with Gasteiger partial charge < -0.3 is 10.1 Å². The third-order valence-electron chi connectivity index (χ3n) is 9.09. The van der Waals surface area contributed by atoms with E-state index < -0.39 is 0 Å². The van der Waals surface area contributed by atoms with Gasteiger partial charge in [0.05, 0.1) is 5.76 Å². The van der Waals surface area contributed by atoms with Crippen LogP contribution in [0.2, 0.25) is 0 Å². The minimum absolute atomic E-state index is 0. The van der Waals surface area contributed by atoms with Crippen molar-refractivity contribution >= 4 is 27.3 Å². The Morgan fingerprint density at radius 1 is 0.953 bits per heavy atom. The predicted octanol–water partition coefficient (Wildman–Crippen LogP) is 10.1. The second-order valence-electron chi connectivity index (χ2n) is 13.2. The second kappa shape index (κ2) is 13.8. The molecule has 1 aliphatic carbocycles. The molecule has 4 nitrogen and oxygen atoms in total. The predicted molar refractivity (Wildman–Crippen MR) is 176 cm³/mol. The number of aromatic nitrogens is 2. The fourth-order valence-electron chi connectivity index (χ4n) is 6.24. The molecular formula is C38H47IrN2O2-. The first-order valence-electron chi connectivity index (χ1n) is 15.6. The van der Waals surface area contributed by atoms with Crippen molar-refractivity contribution in [3.05, 3.63) is 83.5 Å². The van der Waals surface area contributed by atoms with Crippen molar-refractivity contribution in [2.75, 3.05) is 0 Å². The minimum Gasteiger partial charge on any atom is -0.512 e. The molecule has 43 heavy (non-hydrogen) atoms. The van der Waals surface area contributed by atoms with E-state index in [0.29, 0.717) is 0 Å². The SMILES string of the molecule is CC(C)(C)c1ccc2cnc3c(c2c1)C(C)(C)c1cncc2cc[c-]c-3c12.CCC(CC)C(=O)/C=C(\O)C(CC)CC.[Ir]. The number of carbonyl (C=O) groups is 1. The van der Waals surface area contributed by atoms with E-state index in [0.717, 1.165) is 42.3 Å². The molecule has 1 N–H and O–H groups in total. The van der Waals surface area contributed by atoms with E-state index >= 15 is 0 Å². The summed E-state index contributed by atoms with van der Waals surface area (Å²) in [6.45, 7) is 19.5. The van der Waals surface area contributed by atoms with Gasteiger partial charge in [-0.2, -0.15) is 0 Å². The summed E-state index contributed by atoms with van der Waals surface area (Å²) in [7, 11) is 0. The van der Waals surface area contributed by atoms with E-state index in [9.17, 15) is 9.90 Å². The van der Waals surface area contributed by atoms with Crippen LogP contribution in [0.5, 0.6) is 0 Å². The molecule has 0 saturated carbocycles. The molecule has 2 aromatic heterocycles. The van der Waals surface area contributed by atoms with Crippen molar-refractivity contribution in [1.29, 1.82) is 0 Å². The number of hydrogen-bond donors (Lipinski definition) is 1. The molecule has 0 atom stereocenters. The summed E-state index contributed by atoms with van der Waals surface area (Å²) in [4.78, 5) is 21.2. The molecule has 1 radical (unpaired) electrons. The fraction of sp³-hybridized carbons (Fsp3) is 0.447. The number of allylic oxidation sites excluding steroid dienone is 2. The summed E-state index contributed by atoms with van der Waals surface area (Å²) >= 11 is 0. The molecule has 0 unspecified atom stereocenters. The molecule has 0 aliphatic heterocycles. The molecule has 2 heterocycles. The Morgan fingerprint density at radius 3 is 2.21 bits per heavy atom. The topological polar surface area (TPSA) is 63.1 Å². The van der Waals surface area contributed by atoms with E-state index in [4.69, 9.17) is 4.98 Å². The van der Waals surface area contributed by atoms with Crippen LogP contribution >= 0.6 is 0 Å². The van der Waals surface area contributed by atoms with Crippen LogP contribution < -0.4 is 0 Å². The quantitative estimate of drug-likeness (QED) is 0.116. The first kappa shape index (κ1) is 34.6. The van der Waals surface area contributed by atoms with Crippen molar-refractivity contribution in [1.82, 2.24) is 9.97 Å². The molecule has 2 aromatic carbocycles. The summed E-state index contributed by atoms with van der Waals surface area (Å²) in [5, 5.41) is 14.6. The summed E-state index contributed by atoms with van der Waals surface area (Å²) in [5.41, 5.74) is 5.98. The van der Waals surface area contributed by atoms with Crippen LogP contribution in [0.15, 0.2) is 60.8 Å². The number of ketones is 1. The maximum absolute atomic E-state index is 11.7. The van der Waals surface area contributed by atoms with Crippen LogP contribution in [-0.4, -0.2) is 20.9 Å². The Bertz CT molecular complexity index is 1620. The van der Waals surface area contributed by atoms with E-state index in [1.165, 1.54) is 38.9 Å². The largest absolute Gasteiger partial charge is 0.512 e. The maximum atomic E-state index is 11.7. The number of pyridine rings is 2. The molecular weight excluding hydrogens is 709 g/mol. The summed E-state index contributed by atoms with van der Waals surface area (Å²) in [5.74, 6) is 0.547. The first-order valence-corrected chi connectivity index (χ1v) is 15.6. The van der Waals surface area contributed by atoms with Gasteiger partial charge in [-0.15, -0.1) is 23.8 Å². The maximum Gasteiger partial charge on any atom is 0.162 e. The summed E-state index contributed by atoms with van der Waals surface area (Å²) in [6.07, 6.45) is 10.9. The number of aliphatic hydroxyl groups excluding tert-OH is 1. The van der Waals surface area contributed by atoms with E-state index in [2.05, 4.69) is 69.9 Å². The number of rotatable bonds is 7. The van der Waals surface area contributed by atoms with Gasteiger partial charge in [-0.05, 0) is 58.7 Å². The van der Waals surface area contributed by atoms with E-state index in [-0.39, 0.29) is 54.3 Å². The molecule has 0 amide bonds. The van der Waals surface area contributed by atoms with Crippen LogP contribution in [0.1, 0.15) is 105 Å². The van der Waals surface area contributed by atoms with Crippen LogP contribution in [0, 0.1) is 17.9 Å². The van der Waals surface area contributed by atoms with E-state index in [1.807, 2.05) is 52.4 Å². The van der Waals surface area contributed by atoms with E-state index in [1.54, 1.807) is 0 Å². The normalized spacial score (nSPS) is 13.9. The van der Waals surface area contributed by atoms with Gasteiger partial charge in [0.15, 0.2) is 5.78 Å². The average Bonchev–Trinajstić information content (AvgIpc) is 2.96. The first-order chi connectivity index (χ1) is 19.9. The van der Waals surface area contributed by atoms with Crippen LogP contribution in [0.25, 0.3) is 32.8 Å². The van der Waals surface area contributed by atoms with Crippen molar-refractivity contribution in [2.45, 2.75) is 98.8 Å². The second-order valence-corrected chi connectivity index (χ2v) is 13.2. The Morgan fingerprint density at radius 2 is 1.60 bits per heavy atom. The third-order valence-corrected chi connectivity index (χ3v) is 9.09. The molecule has 0 fully saturated rings. The Hall–Kier alpha value is -2.88.